The number of piperidine rings is 1. The van der Waals surface area contributed by atoms with Crippen molar-refractivity contribution in [1.82, 2.24) is 15.6 Å². The molecule has 0 spiro atoms. The van der Waals surface area contributed by atoms with Crippen molar-refractivity contribution in [3.63, 3.8) is 0 Å². The number of pyridine rings is 1. The van der Waals surface area contributed by atoms with Gasteiger partial charge in [0.15, 0.2) is 5.60 Å². The molecule has 1 aromatic carbocycles. The predicted molar refractivity (Wildman–Crippen MR) is 133 cm³/mol. The van der Waals surface area contributed by atoms with Crippen molar-refractivity contribution >= 4 is 29.2 Å². The number of benzene rings is 1. The van der Waals surface area contributed by atoms with Gasteiger partial charge in [0.1, 0.15) is 17.4 Å². The number of amides is 2. The van der Waals surface area contributed by atoms with E-state index in [4.69, 9.17) is 16.3 Å². The summed E-state index contributed by atoms with van der Waals surface area (Å²) in [6.45, 7) is 7.21. The highest BCUT2D eigenvalue weighted by atomic mass is 35.5. The van der Waals surface area contributed by atoms with Crippen LogP contribution in [0.1, 0.15) is 63.7 Å². The van der Waals surface area contributed by atoms with Gasteiger partial charge in [0.25, 0.3) is 11.8 Å². The molecular weight excluding hydrogens is 471 g/mol. The Bertz CT molecular complexity index is 1080. The van der Waals surface area contributed by atoms with Crippen LogP contribution in [0.25, 0.3) is 0 Å². The normalized spacial score (nSPS) is 21.7. The molecule has 2 bridgehead atoms. The van der Waals surface area contributed by atoms with Gasteiger partial charge in [-0.15, -0.1) is 0 Å². The fourth-order valence-corrected chi connectivity index (χ4v) is 5.10. The second-order valence-electron chi connectivity index (χ2n) is 10.2. The first-order chi connectivity index (χ1) is 16.5. The van der Waals surface area contributed by atoms with Crippen molar-refractivity contribution in [2.45, 2.75) is 83.1 Å². The quantitative estimate of drug-likeness (QED) is 0.583. The number of halogens is 2. The van der Waals surface area contributed by atoms with E-state index in [1.807, 2.05) is 26.0 Å². The van der Waals surface area contributed by atoms with Crippen molar-refractivity contribution in [2.75, 3.05) is 4.90 Å². The van der Waals surface area contributed by atoms with Crippen LogP contribution in [0.3, 0.4) is 0 Å². The van der Waals surface area contributed by atoms with Gasteiger partial charge in [-0.25, -0.2) is 9.37 Å². The average molecular weight is 503 g/mol. The van der Waals surface area contributed by atoms with Gasteiger partial charge in [0, 0.05) is 36.4 Å². The first-order valence-electron chi connectivity index (χ1n) is 12.0. The molecule has 3 heterocycles. The summed E-state index contributed by atoms with van der Waals surface area (Å²) in [6.07, 6.45) is 5.29. The van der Waals surface area contributed by atoms with Gasteiger partial charge in [-0.3, -0.25) is 9.59 Å². The first kappa shape index (κ1) is 25.2. The molecule has 7 nitrogen and oxygen atoms in total. The lowest BCUT2D eigenvalue weighted by Gasteiger charge is -2.40. The zero-order chi connectivity index (χ0) is 25.3. The van der Waals surface area contributed by atoms with Gasteiger partial charge in [-0.1, -0.05) is 11.6 Å². The number of rotatable bonds is 7. The maximum Gasteiger partial charge on any atom is 0.263 e. The molecule has 188 valence electrons. The van der Waals surface area contributed by atoms with Crippen LogP contribution in [0.15, 0.2) is 36.5 Å². The average Bonchev–Trinajstić information content (AvgIpc) is 3.06. The van der Waals surface area contributed by atoms with Crippen LogP contribution in [-0.4, -0.2) is 46.6 Å². The van der Waals surface area contributed by atoms with E-state index in [1.165, 1.54) is 18.2 Å². The lowest BCUT2D eigenvalue weighted by Crippen LogP contribution is -2.55. The summed E-state index contributed by atoms with van der Waals surface area (Å²) in [6, 6.07) is 8.39. The van der Waals surface area contributed by atoms with Crippen molar-refractivity contribution < 1.29 is 18.7 Å². The van der Waals surface area contributed by atoms with E-state index in [-0.39, 0.29) is 41.0 Å². The predicted octanol–water partition coefficient (Wildman–Crippen LogP) is 4.49. The van der Waals surface area contributed by atoms with E-state index in [0.29, 0.717) is 11.3 Å². The van der Waals surface area contributed by atoms with Crippen LogP contribution in [0, 0.1) is 5.82 Å². The molecule has 0 saturated carbocycles. The zero-order valence-electron chi connectivity index (χ0n) is 20.5. The zero-order valence-corrected chi connectivity index (χ0v) is 21.2. The number of nitrogens with zero attached hydrogens (tertiary/aromatic N) is 2. The summed E-state index contributed by atoms with van der Waals surface area (Å²) < 4.78 is 19.3. The van der Waals surface area contributed by atoms with Crippen molar-refractivity contribution in [3.8, 4) is 5.75 Å². The molecular formula is C26H32ClFN4O3. The van der Waals surface area contributed by atoms with Crippen molar-refractivity contribution in [2.24, 2.45) is 0 Å². The van der Waals surface area contributed by atoms with Gasteiger partial charge in [0.05, 0.1) is 10.6 Å². The number of hydrogen-bond donors (Lipinski definition) is 2. The number of aromatic nitrogens is 1. The molecule has 4 rings (SSSR count). The molecule has 2 aromatic rings. The second-order valence-corrected chi connectivity index (χ2v) is 10.6. The lowest BCUT2D eigenvalue weighted by atomic mass is 9.96. The van der Waals surface area contributed by atoms with Gasteiger partial charge < -0.3 is 20.3 Å². The van der Waals surface area contributed by atoms with Gasteiger partial charge in [0.2, 0.25) is 0 Å². The van der Waals surface area contributed by atoms with Gasteiger partial charge >= 0.3 is 0 Å². The molecule has 2 amide bonds. The summed E-state index contributed by atoms with van der Waals surface area (Å²) in [5.74, 6) is 0.306. The second kappa shape index (κ2) is 10.0. The standard InChI is InChI=1S/C26H32ClFN4O3/c1-15(2)30-24(33)16-5-10-23(29-14-16)32-18-6-7-19(32)12-17(11-18)31-25(34)26(3,4)35-20-8-9-22(28)21(27)13-20/h5,8-10,13-15,17-19H,6-7,11-12H2,1-4H3,(H,30,33)(H,31,34). The topological polar surface area (TPSA) is 83.6 Å². The molecule has 2 atom stereocenters. The van der Waals surface area contributed by atoms with E-state index in [9.17, 15) is 14.0 Å². The molecule has 1 aromatic heterocycles. The fourth-order valence-electron chi connectivity index (χ4n) is 4.93. The van der Waals surface area contributed by atoms with Crippen LogP contribution >= 0.6 is 11.6 Å². The molecule has 2 fully saturated rings. The molecule has 0 aliphatic carbocycles. The summed E-state index contributed by atoms with van der Waals surface area (Å²) in [7, 11) is 0. The van der Waals surface area contributed by atoms with E-state index in [0.717, 1.165) is 31.5 Å². The Morgan fingerprint density at radius 3 is 2.43 bits per heavy atom. The molecule has 35 heavy (non-hydrogen) atoms. The highest BCUT2D eigenvalue weighted by Crippen LogP contribution is 2.38. The van der Waals surface area contributed by atoms with E-state index >= 15 is 0 Å². The third kappa shape index (κ3) is 5.69. The minimum atomic E-state index is -1.15. The number of ether oxygens (including phenoxy) is 1. The fraction of sp³-hybridized carbons (Fsp3) is 0.500. The summed E-state index contributed by atoms with van der Waals surface area (Å²) in [4.78, 5) is 32.2. The van der Waals surface area contributed by atoms with E-state index < -0.39 is 11.4 Å². The minimum Gasteiger partial charge on any atom is -0.478 e. The lowest BCUT2D eigenvalue weighted by molar-refractivity contribution is -0.135. The van der Waals surface area contributed by atoms with Crippen LogP contribution in [0.5, 0.6) is 5.75 Å². The van der Waals surface area contributed by atoms with Crippen LogP contribution in [0.4, 0.5) is 10.2 Å². The maximum atomic E-state index is 13.4. The smallest absolute Gasteiger partial charge is 0.263 e. The molecule has 2 saturated heterocycles. The van der Waals surface area contributed by atoms with Gasteiger partial charge in [-0.05, 0) is 77.6 Å². The SMILES string of the molecule is CC(C)NC(=O)c1ccc(N2C3CCC2CC(NC(=O)C(C)(C)Oc2ccc(F)c(Cl)c2)C3)nc1. The number of carbonyl (C=O) groups excluding carboxylic acids is 2. The van der Waals surface area contributed by atoms with E-state index in [1.54, 1.807) is 20.0 Å². The van der Waals surface area contributed by atoms with Crippen molar-refractivity contribution in [3.05, 3.63) is 52.9 Å². The largest absolute Gasteiger partial charge is 0.478 e. The van der Waals surface area contributed by atoms with Crippen LogP contribution < -0.4 is 20.3 Å². The highest BCUT2D eigenvalue weighted by molar-refractivity contribution is 6.30. The summed E-state index contributed by atoms with van der Waals surface area (Å²) in [5.41, 5.74) is -0.604. The Kier molecular flexibility index (Phi) is 7.22. The summed E-state index contributed by atoms with van der Waals surface area (Å²) in [5, 5.41) is 5.98. The Hall–Kier alpha value is -2.87. The molecule has 9 heteroatoms. The molecule has 2 aliphatic rings. The van der Waals surface area contributed by atoms with Crippen LogP contribution in [0.2, 0.25) is 5.02 Å². The molecule has 0 radical (unpaired) electrons. The Morgan fingerprint density at radius 2 is 1.86 bits per heavy atom. The maximum absolute atomic E-state index is 13.4. The highest BCUT2D eigenvalue weighted by Gasteiger charge is 2.43. The molecule has 2 unspecified atom stereocenters. The van der Waals surface area contributed by atoms with Crippen molar-refractivity contribution in [1.29, 1.82) is 0 Å². The number of fused-ring (bicyclic) bond motifs is 2. The first-order valence-corrected chi connectivity index (χ1v) is 12.4. The Balaban J connectivity index is 1.37. The molecule has 2 aliphatic heterocycles. The molecule has 2 N–H and O–H groups in total. The van der Waals surface area contributed by atoms with E-state index in [2.05, 4.69) is 20.5 Å². The third-order valence-electron chi connectivity index (χ3n) is 6.57. The summed E-state index contributed by atoms with van der Waals surface area (Å²) >= 11 is 5.84. The Labute approximate surface area is 210 Å². The number of nitrogens with one attached hydrogen (secondary N) is 2. The minimum absolute atomic E-state index is 0.0204. The monoisotopic (exact) mass is 502 g/mol. The van der Waals surface area contributed by atoms with Gasteiger partial charge in [-0.2, -0.15) is 0 Å². The number of hydrogen-bond acceptors (Lipinski definition) is 5. The Morgan fingerprint density at radius 1 is 1.17 bits per heavy atom. The number of anilines is 1. The third-order valence-corrected chi connectivity index (χ3v) is 6.86. The number of carbonyl (C=O) groups is 2. The van der Waals surface area contributed by atoms with Crippen LogP contribution in [-0.2, 0) is 4.79 Å².